The number of carbonyl (C=O) groups is 1. The van der Waals surface area contributed by atoms with Crippen molar-refractivity contribution < 1.29 is 9.53 Å². The Morgan fingerprint density at radius 3 is 2.65 bits per heavy atom. The highest BCUT2D eigenvalue weighted by Gasteiger charge is 2.30. The van der Waals surface area contributed by atoms with Gasteiger partial charge in [0.2, 0.25) is 0 Å². The van der Waals surface area contributed by atoms with E-state index >= 15 is 0 Å². The summed E-state index contributed by atoms with van der Waals surface area (Å²) in [6.45, 7) is 1.96. The van der Waals surface area contributed by atoms with Crippen molar-refractivity contribution in [3.05, 3.63) is 41.6 Å². The van der Waals surface area contributed by atoms with Crippen LogP contribution in [0.15, 0.2) is 30.3 Å². The summed E-state index contributed by atoms with van der Waals surface area (Å²) in [6.07, 6.45) is 2.30. The molecule has 0 spiro atoms. The van der Waals surface area contributed by atoms with Crippen LogP contribution in [-0.4, -0.2) is 17.6 Å². The van der Waals surface area contributed by atoms with Crippen molar-refractivity contribution in [1.29, 1.82) is 0 Å². The van der Waals surface area contributed by atoms with Crippen LogP contribution in [0.2, 0.25) is 0 Å². The lowest BCUT2D eigenvalue weighted by atomic mass is 10.1. The number of rotatable bonds is 4. The monoisotopic (exact) mass is 270 g/mol. The predicted octanol–water partition coefficient (Wildman–Crippen LogP) is 2.91. The van der Waals surface area contributed by atoms with Crippen molar-refractivity contribution in [3.8, 4) is 17.0 Å². The normalized spacial score (nSPS) is 14.3. The number of amides is 1. The molecule has 2 N–H and O–H groups in total. The van der Waals surface area contributed by atoms with Gasteiger partial charge >= 0.3 is 0 Å². The molecule has 3 rings (SSSR count). The fraction of sp³-hybridized carbons (Fsp3) is 0.312. The Bertz CT molecular complexity index is 669. The number of carbonyl (C=O) groups excluding carboxylic acids is 1. The summed E-state index contributed by atoms with van der Waals surface area (Å²) < 4.78 is 7.66. The van der Waals surface area contributed by atoms with E-state index in [-0.39, 0.29) is 5.91 Å². The van der Waals surface area contributed by atoms with Gasteiger partial charge in [0.15, 0.2) is 0 Å². The molecule has 0 unspecified atom stereocenters. The third-order valence-electron chi connectivity index (χ3n) is 3.85. The first-order valence-electron chi connectivity index (χ1n) is 6.78. The van der Waals surface area contributed by atoms with Gasteiger partial charge in [-0.25, -0.2) is 0 Å². The summed E-state index contributed by atoms with van der Waals surface area (Å²) in [5.41, 5.74) is 9.03. The van der Waals surface area contributed by atoms with Gasteiger partial charge < -0.3 is 15.0 Å². The van der Waals surface area contributed by atoms with E-state index in [4.69, 9.17) is 10.5 Å². The summed E-state index contributed by atoms with van der Waals surface area (Å²) in [7, 11) is 1.66. The molecule has 1 amide bonds. The lowest BCUT2D eigenvalue weighted by molar-refractivity contribution is 0.0999. The van der Waals surface area contributed by atoms with Gasteiger partial charge in [-0.2, -0.15) is 0 Å². The molecule has 0 radical (unpaired) electrons. The predicted molar refractivity (Wildman–Crippen MR) is 77.9 cm³/mol. The lowest BCUT2D eigenvalue weighted by Crippen LogP contribution is -2.12. The maximum Gasteiger partial charge on any atom is 0.250 e. The Kier molecular flexibility index (Phi) is 3.01. The number of hydrogen-bond acceptors (Lipinski definition) is 2. The number of para-hydroxylation sites is 1. The molecule has 0 aliphatic heterocycles. The van der Waals surface area contributed by atoms with E-state index in [1.807, 2.05) is 37.3 Å². The average Bonchev–Trinajstić information content (AvgIpc) is 3.22. The lowest BCUT2D eigenvalue weighted by Gasteiger charge is -2.13. The fourth-order valence-corrected chi connectivity index (χ4v) is 2.74. The topological polar surface area (TPSA) is 57.2 Å². The average molecular weight is 270 g/mol. The molecule has 20 heavy (non-hydrogen) atoms. The Morgan fingerprint density at radius 2 is 2.05 bits per heavy atom. The molecule has 0 saturated heterocycles. The van der Waals surface area contributed by atoms with Crippen LogP contribution in [-0.2, 0) is 0 Å². The van der Waals surface area contributed by atoms with Gasteiger partial charge in [0.05, 0.1) is 18.4 Å². The van der Waals surface area contributed by atoms with E-state index < -0.39 is 0 Å². The van der Waals surface area contributed by atoms with Crippen molar-refractivity contribution in [2.24, 2.45) is 5.73 Å². The molecule has 1 saturated carbocycles. The third-order valence-corrected chi connectivity index (χ3v) is 3.85. The van der Waals surface area contributed by atoms with Crippen molar-refractivity contribution in [2.45, 2.75) is 25.8 Å². The SMILES string of the molecule is COc1ccccc1-c1cc(C(N)=O)c(C)n1C1CC1. The van der Waals surface area contributed by atoms with Crippen molar-refractivity contribution in [3.63, 3.8) is 0 Å². The number of aromatic nitrogens is 1. The van der Waals surface area contributed by atoms with Crippen LogP contribution < -0.4 is 10.5 Å². The molecule has 1 heterocycles. The molecule has 1 aromatic carbocycles. The maximum atomic E-state index is 11.6. The zero-order valence-corrected chi connectivity index (χ0v) is 11.7. The Hall–Kier alpha value is -2.23. The summed E-state index contributed by atoms with van der Waals surface area (Å²) >= 11 is 0. The van der Waals surface area contributed by atoms with E-state index in [1.165, 1.54) is 0 Å². The molecule has 0 bridgehead atoms. The molecule has 0 atom stereocenters. The molecular formula is C16H18N2O2. The standard InChI is InChI=1S/C16H18N2O2/c1-10-13(16(17)19)9-14(18(10)11-7-8-11)12-5-3-4-6-15(12)20-2/h3-6,9,11H,7-8H2,1-2H3,(H2,17,19). The minimum Gasteiger partial charge on any atom is -0.496 e. The first-order valence-corrected chi connectivity index (χ1v) is 6.78. The van der Waals surface area contributed by atoms with Crippen molar-refractivity contribution in [2.75, 3.05) is 7.11 Å². The van der Waals surface area contributed by atoms with Crippen LogP contribution in [0.4, 0.5) is 0 Å². The van der Waals surface area contributed by atoms with E-state index in [1.54, 1.807) is 7.11 Å². The molecule has 1 fully saturated rings. The summed E-state index contributed by atoms with van der Waals surface area (Å²) in [5, 5.41) is 0. The van der Waals surface area contributed by atoms with Crippen molar-refractivity contribution >= 4 is 5.91 Å². The minimum absolute atomic E-state index is 0.377. The van der Waals surface area contributed by atoms with Gasteiger partial charge in [-0.3, -0.25) is 4.79 Å². The fourth-order valence-electron chi connectivity index (χ4n) is 2.74. The largest absolute Gasteiger partial charge is 0.496 e. The number of nitrogens with zero attached hydrogens (tertiary/aromatic N) is 1. The Labute approximate surface area is 118 Å². The smallest absolute Gasteiger partial charge is 0.250 e. The van der Waals surface area contributed by atoms with E-state index in [0.717, 1.165) is 35.5 Å². The molecule has 2 aromatic rings. The zero-order chi connectivity index (χ0) is 14.3. The highest BCUT2D eigenvalue weighted by molar-refractivity contribution is 5.96. The van der Waals surface area contributed by atoms with Crippen LogP contribution >= 0.6 is 0 Å². The quantitative estimate of drug-likeness (QED) is 0.928. The van der Waals surface area contributed by atoms with Gasteiger partial charge in [-0.15, -0.1) is 0 Å². The highest BCUT2D eigenvalue weighted by atomic mass is 16.5. The Balaban J connectivity index is 2.22. The van der Waals surface area contributed by atoms with E-state index in [9.17, 15) is 4.79 Å². The van der Waals surface area contributed by atoms with Crippen LogP contribution in [0.25, 0.3) is 11.3 Å². The minimum atomic E-state index is -0.377. The number of nitrogens with two attached hydrogens (primary N) is 1. The van der Waals surface area contributed by atoms with Crippen molar-refractivity contribution in [1.82, 2.24) is 4.57 Å². The van der Waals surface area contributed by atoms with Crippen LogP contribution in [0, 0.1) is 6.92 Å². The molecule has 4 nitrogen and oxygen atoms in total. The number of primary amides is 1. The van der Waals surface area contributed by atoms with Crippen LogP contribution in [0.5, 0.6) is 5.75 Å². The van der Waals surface area contributed by atoms with Gasteiger partial charge in [-0.1, -0.05) is 12.1 Å². The molecule has 4 heteroatoms. The molecule has 1 aromatic heterocycles. The third kappa shape index (κ3) is 1.97. The summed E-state index contributed by atoms with van der Waals surface area (Å²) in [6, 6.07) is 10.2. The second kappa shape index (κ2) is 4.71. The van der Waals surface area contributed by atoms with E-state index in [0.29, 0.717) is 11.6 Å². The van der Waals surface area contributed by atoms with Gasteiger partial charge in [0, 0.05) is 17.3 Å². The summed E-state index contributed by atoms with van der Waals surface area (Å²) in [5.74, 6) is 0.431. The Morgan fingerprint density at radius 1 is 1.35 bits per heavy atom. The number of methoxy groups -OCH3 is 1. The molecule has 1 aliphatic rings. The zero-order valence-electron chi connectivity index (χ0n) is 11.7. The first kappa shape index (κ1) is 12.8. The first-order chi connectivity index (χ1) is 9.63. The molecule has 1 aliphatic carbocycles. The molecule has 104 valence electrons. The second-order valence-corrected chi connectivity index (χ2v) is 5.19. The molecular weight excluding hydrogens is 252 g/mol. The number of ether oxygens (including phenoxy) is 1. The second-order valence-electron chi connectivity index (χ2n) is 5.19. The van der Waals surface area contributed by atoms with Gasteiger partial charge in [-0.05, 0) is 38.0 Å². The maximum absolute atomic E-state index is 11.6. The van der Waals surface area contributed by atoms with Crippen LogP contribution in [0.1, 0.15) is 34.9 Å². The summed E-state index contributed by atoms with van der Waals surface area (Å²) in [4.78, 5) is 11.6. The van der Waals surface area contributed by atoms with E-state index in [2.05, 4.69) is 4.57 Å². The van der Waals surface area contributed by atoms with Gasteiger partial charge in [0.25, 0.3) is 5.91 Å². The highest BCUT2D eigenvalue weighted by Crippen LogP contribution is 2.43. The van der Waals surface area contributed by atoms with Crippen LogP contribution in [0.3, 0.4) is 0 Å². The number of hydrogen-bond donors (Lipinski definition) is 1. The number of benzene rings is 1. The van der Waals surface area contributed by atoms with Gasteiger partial charge in [0.1, 0.15) is 5.75 Å².